The molecule has 2 bridgehead atoms. The van der Waals surface area contributed by atoms with Crippen molar-refractivity contribution < 1.29 is 14.6 Å². The summed E-state index contributed by atoms with van der Waals surface area (Å²) < 4.78 is 5.99. The van der Waals surface area contributed by atoms with Gasteiger partial charge in [-0.25, -0.2) is 4.98 Å². The van der Waals surface area contributed by atoms with Crippen molar-refractivity contribution in [2.24, 2.45) is 5.41 Å². The normalized spacial score (nSPS) is 25.4. The number of carbonyl (C=O) groups excluding carboxylic acids is 1. The molecule has 2 aliphatic heterocycles. The number of hydrogen-bond acceptors (Lipinski definition) is 4. The van der Waals surface area contributed by atoms with Gasteiger partial charge in [-0.1, -0.05) is 48.5 Å². The van der Waals surface area contributed by atoms with Crippen LogP contribution in [0.4, 0.5) is 0 Å². The summed E-state index contributed by atoms with van der Waals surface area (Å²) in [5, 5.41) is 13.6. The Hall–Kier alpha value is -2.76. The summed E-state index contributed by atoms with van der Waals surface area (Å²) in [5.74, 6) is -0.120. The smallest absolute Gasteiger partial charge is 0.252 e. The highest BCUT2D eigenvalue weighted by molar-refractivity contribution is 6.07. The summed E-state index contributed by atoms with van der Waals surface area (Å²) in [6, 6.07) is 19.5. The molecule has 2 N–H and O–H groups in total. The van der Waals surface area contributed by atoms with Gasteiger partial charge in [0.25, 0.3) is 5.91 Å². The molecular formula is C24H24N2O3. The summed E-state index contributed by atoms with van der Waals surface area (Å²) in [6.45, 7) is 1.30. The number of pyridine rings is 1. The molecular weight excluding hydrogens is 364 g/mol. The average Bonchev–Trinajstić information content (AvgIpc) is 2.77. The maximum absolute atomic E-state index is 13.1. The molecule has 29 heavy (non-hydrogen) atoms. The maximum Gasteiger partial charge on any atom is 0.252 e. The van der Waals surface area contributed by atoms with Crippen LogP contribution in [-0.2, 0) is 4.74 Å². The zero-order chi connectivity index (χ0) is 19.9. The van der Waals surface area contributed by atoms with Crippen LogP contribution in [-0.4, -0.2) is 41.4 Å². The third-order valence-electron chi connectivity index (χ3n) is 6.37. The van der Waals surface area contributed by atoms with Gasteiger partial charge in [0.1, 0.15) is 0 Å². The molecule has 2 saturated heterocycles. The van der Waals surface area contributed by atoms with Gasteiger partial charge >= 0.3 is 0 Å². The second-order valence-electron chi connectivity index (χ2n) is 8.41. The van der Waals surface area contributed by atoms with Crippen LogP contribution in [0, 0.1) is 5.41 Å². The number of aliphatic hydroxyl groups is 1. The Labute approximate surface area is 169 Å². The Balaban J connectivity index is 1.43. The van der Waals surface area contributed by atoms with E-state index in [2.05, 4.69) is 5.32 Å². The van der Waals surface area contributed by atoms with E-state index in [1.165, 1.54) is 0 Å². The predicted octanol–water partition coefficient (Wildman–Crippen LogP) is 3.56. The number of amides is 1. The van der Waals surface area contributed by atoms with Gasteiger partial charge in [0.2, 0.25) is 0 Å². The summed E-state index contributed by atoms with van der Waals surface area (Å²) >= 11 is 0. The van der Waals surface area contributed by atoms with E-state index in [4.69, 9.17) is 9.72 Å². The van der Waals surface area contributed by atoms with E-state index >= 15 is 0 Å². The average molecular weight is 388 g/mol. The highest BCUT2D eigenvalue weighted by Gasteiger charge is 2.58. The van der Waals surface area contributed by atoms with Gasteiger partial charge in [-0.2, -0.15) is 0 Å². The molecule has 1 aliphatic carbocycles. The molecule has 148 valence electrons. The van der Waals surface area contributed by atoms with Crippen LogP contribution in [0.25, 0.3) is 22.2 Å². The van der Waals surface area contributed by atoms with Crippen molar-refractivity contribution in [1.82, 2.24) is 10.3 Å². The summed E-state index contributed by atoms with van der Waals surface area (Å²) in [5.41, 5.74) is 2.84. The topological polar surface area (TPSA) is 71.5 Å². The van der Waals surface area contributed by atoms with Crippen molar-refractivity contribution in [2.45, 2.75) is 24.9 Å². The molecule has 0 radical (unpaired) electrons. The van der Waals surface area contributed by atoms with E-state index in [-0.39, 0.29) is 23.5 Å². The fourth-order valence-corrected chi connectivity index (χ4v) is 4.90. The van der Waals surface area contributed by atoms with Crippen LogP contribution < -0.4 is 5.32 Å². The maximum atomic E-state index is 13.1. The fraction of sp³-hybridized carbons (Fsp3) is 0.333. The molecule has 3 aliphatic rings. The molecule has 0 atom stereocenters. The molecule has 5 nitrogen and oxygen atoms in total. The molecule has 6 rings (SSSR count). The van der Waals surface area contributed by atoms with Gasteiger partial charge in [0.15, 0.2) is 0 Å². The molecule has 3 fully saturated rings. The van der Waals surface area contributed by atoms with Gasteiger partial charge in [0, 0.05) is 36.1 Å². The lowest BCUT2D eigenvalue weighted by molar-refractivity contribution is -0.232. The molecule has 3 heterocycles. The highest BCUT2D eigenvalue weighted by Crippen LogP contribution is 2.56. The molecule has 1 aromatic heterocycles. The van der Waals surface area contributed by atoms with Gasteiger partial charge in [-0.3, -0.25) is 4.79 Å². The molecule has 0 spiro atoms. The lowest BCUT2D eigenvalue weighted by atomic mass is 9.56. The first-order valence-electron chi connectivity index (χ1n) is 10.1. The highest BCUT2D eigenvalue weighted by atomic mass is 16.5. The standard InChI is InChI=1S/C24H24N2O3/c27-16-23-10-11-29-24(13-23,14-23)15-25-22(28)19-12-21(17-6-2-1-3-7-17)26-20-9-5-4-8-18(19)20/h1-9,12,27H,10-11,13-16H2,(H,25,28). The number of nitrogens with zero attached hydrogens (tertiary/aromatic N) is 1. The van der Waals surface area contributed by atoms with Crippen LogP contribution in [0.15, 0.2) is 60.7 Å². The van der Waals surface area contributed by atoms with Gasteiger partial charge in [-0.15, -0.1) is 0 Å². The number of aromatic nitrogens is 1. The van der Waals surface area contributed by atoms with Crippen molar-refractivity contribution in [3.8, 4) is 11.3 Å². The Kier molecular flexibility index (Phi) is 4.37. The zero-order valence-corrected chi connectivity index (χ0v) is 16.2. The van der Waals surface area contributed by atoms with Crippen molar-refractivity contribution in [2.75, 3.05) is 19.8 Å². The summed E-state index contributed by atoms with van der Waals surface area (Å²) in [7, 11) is 0. The first kappa shape index (κ1) is 18.3. The number of benzene rings is 2. The van der Waals surface area contributed by atoms with Crippen LogP contribution >= 0.6 is 0 Å². The second-order valence-corrected chi connectivity index (χ2v) is 8.41. The van der Waals surface area contributed by atoms with Crippen molar-refractivity contribution in [1.29, 1.82) is 0 Å². The van der Waals surface area contributed by atoms with Crippen LogP contribution in [0.5, 0.6) is 0 Å². The van der Waals surface area contributed by atoms with Gasteiger partial charge in [0.05, 0.1) is 22.4 Å². The molecule has 1 saturated carbocycles. The van der Waals surface area contributed by atoms with Crippen LogP contribution in [0.1, 0.15) is 29.6 Å². The summed E-state index contributed by atoms with van der Waals surface area (Å²) in [4.78, 5) is 17.9. The molecule has 0 unspecified atom stereocenters. The van der Waals surface area contributed by atoms with Gasteiger partial charge < -0.3 is 15.2 Å². The van der Waals surface area contributed by atoms with E-state index in [0.717, 1.165) is 41.4 Å². The Bertz CT molecular complexity index is 1060. The SMILES string of the molecule is O=C(NCC12CC(CO)(CCO1)C2)c1cc(-c2ccccc2)nc2ccccc12. The number of ether oxygens (including phenoxy) is 1. The molecule has 5 heteroatoms. The second kappa shape index (κ2) is 6.94. The third-order valence-corrected chi connectivity index (χ3v) is 6.37. The molecule has 1 amide bonds. The van der Waals surface area contributed by atoms with E-state index in [0.29, 0.717) is 18.7 Å². The largest absolute Gasteiger partial charge is 0.396 e. The van der Waals surface area contributed by atoms with E-state index < -0.39 is 0 Å². The zero-order valence-electron chi connectivity index (χ0n) is 16.2. The molecule has 2 aromatic carbocycles. The lowest BCUT2D eigenvalue weighted by Gasteiger charge is -2.59. The lowest BCUT2D eigenvalue weighted by Crippen LogP contribution is -2.64. The van der Waals surface area contributed by atoms with Crippen molar-refractivity contribution in [3.05, 3.63) is 66.2 Å². The number of carbonyl (C=O) groups is 1. The molecule has 3 aromatic rings. The predicted molar refractivity (Wildman–Crippen MR) is 112 cm³/mol. The quantitative estimate of drug-likeness (QED) is 0.701. The summed E-state index contributed by atoms with van der Waals surface area (Å²) in [6.07, 6.45) is 2.51. The van der Waals surface area contributed by atoms with E-state index in [9.17, 15) is 9.90 Å². The Morgan fingerprint density at radius 1 is 1.10 bits per heavy atom. The van der Waals surface area contributed by atoms with Crippen LogP contribution in [0.3, 0.4) is 0 Å². The minimum absolute atomic E-state index is 0.00712. The number of fused-ring (bicyclic) bond motifs is 3. The Morgan fingerprint density at radius 2 is 1.86 bits per heavy atom. The third kappa shape index (κ3) is 3.20. The van der Waals surface area contributed by atoms with Crippen molar-refractivity contribution in [3.63, 3.8) is 0 Å². The Morgan fingerprint density at radius 3 is 2.66 bits per heavy atom. The first-order valence-corrected chi connectivity index (χ1v) is 10.1. The number of nitrogens with one attached hydrogen (secondary N) is 1. The fourth-order valence-electron chi connectivity index (χ4n) is 4.90. The van der Waals surface area contributed by atoms with Crippen molar-refractivity contribution >= 4 is 16.8 Å². The first-order chi connectivity index (χ1) is 14.1. The number of rotatable bonds is 5. The van der Waals surface area contributed by atoms with Crippen LogP contribution in [0.2, 0.25) is 0 Å². The minimum Gasteiger partial charge on any atom is -0.396 e. The number of hydrogen-bond donors (Lipinski definition) is 2. The van der Waals surface area contributed by atoms with Gasteiger partial charge in [-0.05, 0) is 31.4 Å². The number of aliphatic hydroxyl groups excluding tert-OH is 1. The van der Waals surface area contributed by atoms with E-state index in [1.54, 1.807) is 0 Å². The minimum atomic E-state index is -0.332. The van der Waals surface area contributed by atoms with E-state index in [1.807, 2.05) is 60.7 Å². The number of para-hydroxylation sites is 1. The monoisotopic (exact) mass is 388 g/mol.